The van der Waals surface area contributed by atoms with Crippen LogP contribution in [-0.4, -0.2) is 19.7 Å². The van der Waals surface area contributed by atoms with Crippen LogP contribution >= 0.6 is 69.6 Å². The van der Waals surface area contributed by atoms with Crippen LogP contribution in [0.4, 0.5) is 0 Å². The van der Waals surface area contributed by atoms with Gasteiger partial charge in [-0.1, -0.05) is 69.6 Å². The molecule has 0 saturated heterocycles. The molecule has 2 aliphatic carbocycles. The number of rotatable bonds is 1. The summed E-state index contributed by atoms with van der Waals surface area (Å²) in [5, 5.41) is 0. The van der Waals surface area contributed by atoms with Crippen LogP contribution in [0.15, 0.2) is 0 Å². The number of hydrogen-bond donors (Lipinski definition) is 2. The van der Waals surface area contributed by atoms with Gasteiger partial charge in [0.15, 0.2) is 7.59 Å². The highest BCUT2D eigenvalue weighted by Gasteiger charge is 2.51. The lowest BCUT2D eigenvalue weighted by atomic mass is 9.63. The van der Waals surface area contributed by atoms with Crippen molar-refractivity contribution in [3.63, 3.8) is 0 Å². The first kappa shape index (κ1) is 20.0. The minimum absolute atomic E-state index is 0.0638. The van der Waals surface area contributed by atoms with Crippen molar-refractivity contribution in [1.82, 2.24) is 0 Å². The van der Waals surface area contributed by atoms with Gasteiger partial charge in [-0.05, 0) is 50.4 Å². The molecular weight excluding hydrogens is 409 g/mol. The summed E-state index contributed by atoms with van der Waals surface area (Å²) in [7, 11) is 0. The Morgan fingerprint density at radius 3 is 1.18 bits per heavy atom. The first-order valence-corrected chi connectivity index (χ1v) is 9.91. The van der Waals surface area contributed by atoms with E-state index in [1.54, 1.807) is 0 Å². The van der Waals surface area contributed by atoms with Crippen molar-refractivity contribution in [3.8, 4) is 0 Å². The SMILES string of the molecule is NC1CCC(C2CCC(N)CC2C(Cl)(Cl)Cl)C(C(Cl)(Cl)Cl)C1. The summed E-state index contributed by atoms with van der Waals surface area (Å²) in [4.78, 5) is 0. The molecule has 0 aliphatic heterocycles. The van der Waals surface area contributed by atoms with Gasteiger partial charge in [0, 0.05) is 23.9 Å². The van der Waals surface area contributed by atoms with Crippen LogP contribution in [0.5, 0.6) is 0 Å². The van der Waals surface area contributed by atoms with Gasteiger partial charge in [-0.3, -0.25) is 0 Å². The molecule has 0 heterocycles. The second-order valence-electron chi connectivity index (χ2n) is 6.77. The minimum Gasteiger partial charge on any atom is -0.328 e. The van der Waals surface area contributed by atoms with Crippen LogP contribution in [0.3, 0.4) is 0 Å². The van der Waals surface area contributed by atoms with Crippen LogP contribution in [-0.2, 0) is 0 Å². The lowest BCUT2D eigenvalue weighted by Gasteiger charge is -2.48. The molecule has 2 rings (SSSR count). The Labute approximate surface area is 162 Å². The Balaban J connectivity index is 2.25. The molecular formula is C14H22Cl6N2. The van der Waals surface area contributed by atoms with E-state index in [9.17, 15) is 0 Å². The van der Waals surface area contributed by atoms with Crippen molar-refractivity contribution in [2.24, 2.45) is 35.1 Å². The lowest BCUT2D eigenvalue weighted by Crippen LogP contribution is -2.48. The van der Waals surface area contributed by atoms with Gasteiger partial charge in [-0.15, -0.1) is 0 Å². The molecule has 2 fully saturated rings. The lowest BCUT2D eigenvalue weighted by molar-refractivity contribution is 0.0717. The van der Waals surface area contributed by atoms with E-state index in [1.807, 2.05) is 0 Å². The van der Waals surface area contributed by atoms with Crippen molar-refractivity contribution in [3.05, 3.63) is 0 Å². The van der Waals surface area contributed by atoms with Crippen molar-refractivity contribution < 1.29 is 0 Å². The highest BCUT2D eigenvalue weighted by atomic mass is 35.6. The maximum atomic E-state index is 6.23. The summed E-state index contributed by atoms with van der Waals surface area (Å²) in [6, 6.07) is 0.128. The van der Waals surface area contributed by atoms with Gasteiger partial charge in [0.1, 0.15) is 0 Å². The van der Waals surface area contributed by atoms with E-state index in [0.717, 1.165) is 25.7 Å². The number of alkyl halides is 6. The molecule has 2 aliphatic rings. The molecule has 6 unspecified atom stereocenters. The predicted octanol–water partition coefficient (Wildman–Crippen LogP) is 5.21. The third-order valence-corrected chi connectivity index (χ3v) is 6.96. The van der Waals surface area contributed by atoms with Crippen molar-refractivity contribution in [2.45, 2.75) is 58.2 Å². The van der Waals surface area contributed by atoms with Crippen molar-refractivity contribution in [1.29, 1.82) is 0 Å². The van der Waals surface area contributed by atoms with E-state index in [0.29, 0.717) is 12.8 Å². The minimum atomic E-state index is -1.35. The summed E-state index contributed by atoms with van der Waals surface area (Å²) in [6.07, 6.45) is 5.01. The number of nitrogens with two attached hydrogens (primary N) is 2. The molecule has 22 heavy (non-hydrogen) atoms. The molecule has 0 aromatic rings. The fourth-order valence-corrected chi connectivity index (χ4v) is 5.74. The molecule has 130 valence electrons. The Morgan fingerprint density at radius 1 is 0.591 bits per heavy atom. The van der Waals surface area contributed by atoms with Gasteiger partial charge < -0.3 is 11.5 Å². The van der Waals surface area contributed by atoms with E-state index in [2.05, 4.69) is 0 Å². The summed E-state index contributed by atoms with van der Waals surface area (Å²) in [6.45, 7) is 0. The second kappa shape index (κ2) is 7.50. The van der Waals surface area contributed by atoms with E-state index in [4.69, 9.17) is 81.1 Å². The first-order valence-electron chi connectivity index (χ1n) is 7.64. The smallest absolute Gasteiger partial charge is 0.193 e. The van der Waals surface area contributed by atoms with Crippen molar-refractivity contribution >= 4 is 69.6 Å². The Morgan fingerprint density at radius 2 is 0.909 bits per heavy atom. The molecule has 6 atom stereocenters. The maximum absolute atomic E-state index is 6.23. The monoisotopic (exact) mass is 428 g/mol. The largest absolute Gasteiger partial charge is 0.328 e. The van der Waals surface area contributed by atoms with E-state index < -0.39 is 7.59 Å². The predicted molar refractivity (Wildman–Crippen MR) is 98.2 cm³/mol. The van der Waals surface area contributed by atoms with Gasteiger partial charge in [0.2, 0.25) is 0 Å². The third kappa shape index (κ3) is 4.85. The van der Waals surface area contributed by atoms with Crippen molar-refractivity contribution in [2.75, 3.05) is 0 Å². The van der Waals surface area contributed by atoms with E-state index in [1.165, 1.54) is 0 Å². The topological polar surface area (TPSA) is 52.0 Å². The fourth-order valence-electron chi connectivity index (χ4n) is 4.23. The zero-order valence-electron chi connectivity index (χ0n) is 12.1. The standard InChI is InChI=1S/C14H22Cl6N2/c15-13(16,17)11-5-7(21)1-3-9(11)10-4-2-8(22)6-12(10)14(18,19)20/h7-12H,1-6,21-22H2. The molecule has 0 radical (unpaired) electrons. The second-order valence-corrected chi connectivity index (χ2v) is 11.5. The van der Waals surface area contributed by atoms with Crippen LogP contribution in [0, 0.1) is 23.7 Å². The van der Waals surface area contributed by atoms with E-state index in [-0.39, 0.29) is 35.8 Å². The molecule has 0 aromatic carbocycles. The number of hydrogen-bond acceptors (Lipinski definition) is 2. The molecule has 2 nitrogen and oxygen atoms in total. The highest BCUT2D eigenvalue weighted by Crippen LogP contribution is 2.55. The summed E-state index contributed by atoms with van der Waals surface area (Å²) >= 11 is 37.4. The zero-order chi connectivity index (χ0) is 16.7. The van der Waals surface area contributed by atoms with Gasteiger partial charge >= 0.3 is 0 Å². The highest BCUT2D eigenvalue weighted by molar-refractivity contribution is 6.68. The van der Waals surface area contributed by atoms with Gasteiger partial charge in [-0.2, -0.15) is 0 Å². The van der Waals surface area contributed by atoms with Gasteiger partial charge in [0.25, 0.3) is 0 Å². The molecule has 4 N–H and O–H groups in total. The summed E-state index contributed by atoms with van der Waals surface area (Å²) in [5.41, 5.74) is 12.2. The van der Waals surface area contributed by atoms with E-state index >= 15 is 0 Å². The Bertz CT molecular complexity index is 345. The number of halogens is 6. The van der Waals surface area contributed by atoms with Gasteiger partial charge in [-0.25, -0.2) is 0 Å². The fraction of sp³-hybridized carbons (Fsp3) is 1.00. The molecule has 8 heteroatoms. The molecule has 0 amide bonds. The summed E-state index contributed by atoms with van der Waals surface area (Å²) < 4.78 is -2.69. The molecule has 0 aromatic heterocycles. The third-order valence-electron chi connectivity index (χ3n) is 5.28. The van der Waals surface area contributed by atoms with Crippen LogP contribution in [0.2, 0.25) is 0 Å². The average Bonchev–Trinajstić information content (AvgIpc) is 2.37. The average molecular weight is 431 g/mol. The quantitative estimate of drug-likeness (QED) is 0.560. The Hall–Kier alpha value is 1.66. The molecule has 0 spiro atoms. The normalized spacial score (nSPS) is 41.5. The van der Waals surface area contributed by atoms with Crippen LogP contribution < -0.4 is 11.5 Å². The Kier molecular flexibility index (Phi) is 6.81. The summed E-state index contributed by atoms with van der Waals surface area (Å²) in [5.74, 6) is 0.159. The maximum Gasteiger partial charge on any atom is 0.193 e. The zero-order valence-corrected chi connectivity index (χ0v) is 16.7. The van der Waals surface area contributed by atoms with Crippen LogP contribution in [0.25, 0.3) is 0 Å². The molecule has 0 bridgehead atoms. The van der Waals surface area contributed by atoms with Gasteiger partial charge in [0.05, 0.1) is 0 Å². The van der Waals surface area contributed by atoms with Crippen LogP contribution in [0.1, 0.15) is 38.5 Å². The first-order chi connectivity index (χ1) is 10.00. The molecule has 2 saturated carbocycles.